The minimum absolute atomic E-state index is 0.320. The Balaban J connectivity index is 2.88. The fraction of sp³-hybridized carbons (Fsp3) is 0.857. The van der Waals surface area contributed by atoms with Crippen molar-refractivity contribution in [3.8, 4) is 0 Å². The summed E-state index contributed by atoms with van der Waals surface area (Å²) in [5.41, 5.74) is 0.320. The maximum atomic E-state index is 3.89. The summed E-state index contributed by atoms with van der Waals surface area (Å²) in [7, 11) is 6.54. The highest BCUT2D eigenvalue weighted by Gasteiger charge is 2.42. The molecule has 1 saturated carbocycles. The second kappa shape index (κ2) is 5.83. The summed E-state index contributed by atoms with van der Waals surface area (Å²) in [6.07, 6.45) is 8.46. The highest BCUT2D eigenvalue weighted by Crippen LogP contribution is 2.39. The Bertz CT molecular complexity index is 225. The molecule has 16 heavy (non-hydrogen) atoms. The number of hydrogen-bond donors (Lipinski definition) is 1. The first-order valence-corrected chi connectivity index (χ1v) is 6.52. The summed E-state index contributed by atoms with van der Waals surface area (Å²) in [4.78, 5) is 2.44. The summed E-state index contributed by atoms with van der Waals surface area (Å²) in [5, 5.41) is 3.50. The molecule has 0 aliphatic heterocycles. The van der Waals surface area contributed by atoms with Crippen molar-refractivity contribution >= 4 is 0 Å². The van der Waals surface area contributed by atoms with Gasteiger partial charge in [-0.1, -0.05) is 25.8 Å². The molecule has 0 heterocycles. The first-order valence-electron chi connectivity index (χ1n) is 6.52. The minimum atomic E-state index is 0.320. The van der Waals surface area contributed by atoms with E-state index in [9.17, 15) is 0 Å². The number of nitrogens with zero attached hydrogens (tertiary/aromatic N) is 1. The third-order valence-electron chi connectivity index (χ3n) is 4.30. The molecule has 2 nitrogen and oxygen atoms in total. The van der Waals surface area contributed by atoms with Crippen LogP contribution in [0.2, 0.25) is 0 Å². The van der Waals surface area contributed by atoms with E-state index in [4.69, 9.17) is 0 Å². The van der Waals surface area contributed by atoms with E-state index < -0.39 is 0 Å². The van der Waals surface area contributed by atoms with Gasteiger partial charge in [-0.2, -0.15) is 0 Å². The Morgan fingerprint density at radius 3 is 2.69 bits per heavy atom. The standard InChI is InChI=1S/C14H28N2/c1-6-8-13(15-3)14(16(4)5)10-7-9-12(2)11-14/h6,12-13,15H,1,7-11H2,2-5H3. The molecule has 1 fully saturated rings. The van der Waals surface area contributed by atoms with E-state index in [0.29, 0.717) is 11.6 Å². The molecular weight excluding hydrogens is 196 g/mol. The van der Waals surface area contributed by atoms with Gasteiger partial charge in [0.15, 0.2) is 0 Å². The molecule has 0 bridgehead atoms. The Morgan fingerprint density at radius 2 is 2.25 bits per heavy atom. The zero-order valence-corrected chi connectivity index (χ0v) is 11.4. The van der Waals surface area contributed by atoms with Crippen LogP contribution in [-0.2, 0) is 0 Å². The molecule has 0 aromatic rings. The van der Waals surface area contributed by atoms with Crippen molar-refractivity contribution in [1.29, 1.82) is 0 Å². The van der Waals surface area contributed by atoms with Gasteiger partial charge in [0.1, 0.15) is 0 Å². The van der Waals surface area contributed by atoms with Gasteiger partial charge in [0.25, 0.3) is 0 Å². The van der Waals surface area contributed by atoms with Gasteiger partial charge >= 0.3 is 0 Å². The average molecular weight is 224 g/mol. The highest BCUT2D eigenvalue weighted by atomic mass is 15.2. The van der Waals surface area contributed by atoms with Crippen molar-refractivity contribution in [3.63, 3.8) is 0 Å². The van der Waals surface area contributed by atoms with Crippen LogP contribution in [-0.4, -0.2) is 37.6 Å². The van der Waals surface area contributed by atoms with E-state index in [1.165, 1.54) is 25.7 Å². The summed E-state index contributed by atoms with van der Waals surface area (Å²) in [6.45, 7) is 6.28. The molecule has 0 radical (unpaired) electrons. The summed E-state index contributed by atoms with van der Waals surface area (Å²) >= 11 is 0. The Hall–Kier alpha value is -0.340. The number of nitrogens with one attached hydrogen (secondary N) is 1. The molecule has 1 aliphatic carbocycles. The van der Waals surface area contributed by atoms with E-state index in [0.717, 1.165) is 12.3 Å². The average Bonchev–Trinajstić information content (AvgIpc) is 2.25. The number of likely N-dealkylation sites (N-methyl/N-ethyl adjacent to an activating group) is 2. The van der Waals surface area contributed by atoms with Gasteiger partial charge in [-0.3, -0.25) is 0 Å². The zero-order valence-electron chi connectivity index (χ0n) is 11.4. The van der Waals surface area contributed by atoms with Crippen molar-refractivity contribution in [3.05, 3.63) is 12.7 Å². The van der Waals surface area contributed by atoms with Crippen LogP contribution < -0.4 is 5.32 Å². The van der Waals surface area contributed by atoms with E-state index in [1.54, 1.807) is 0 Å². The quantitative estimate of drug-likeness (QED) is 0.722. The normalized spacial score (nSPS) is 32.7. The van der Waals surface area contributed by atoms with Crippen LogP contribution >= 0.6 is 0 Å². The van der Waals surface area contributed by atoms with Crippen molar-refractivity contribution < 1.29 is 0 Å². The predicted octanol–water partition coefficient (Wildman–Crippen LogP) is 2.66. The molecule has 1 aliphatic rings. The van der Waals surface area contributed by atoms with Crippen LogP contribution in [0.3, 0.4) is 0 Å². The predicted molar refractivity (Wildman–Crippen MR) is 71.7 cm³/mol. The molecule has 0 aromatic heterocycles. The van der Waals surface area contributed by atoms with E-state index in [1.807, 2.05) is 6.08 Å². The lowest BCUT2D eigenvalue weighted by atomic mass is 9.70. The van der Waals surface area contributed by atoms with Crippen LogP contribution in [0.25, 0.3) is 0 Å². The van der Waals surface area contributed by atoms with Crippen LogP contribution in [0.4, 0.5) is 0 Å². The lowest BCUT2D eigenvalue weighted by Crippen LogP contribution is -2.60. The van der Waals surface area contributed by atoms with Gasteiger partial charge in [0, 0.05) is 11.6 Å². The monoisotopic (exact) mass is 224 g/mol. The summed E-state index contributed by atoms with van der Waals surface area (Å²) < 4.78 is 0. The molecule has 0 aromatic carbocycles. The lowest BCUT2D eigenvalue weighted by Gasteiger charge is -2.50. The zero-order chi connectivity index (χ0) is 12.2. The molecule has 1 N–H and O–H groups in total. The maximum absolute atomic E-state index is 3.89. The summed E-state index contributed by atoms with van der Waals surface area (Å²) in [6, 6.07) is 0.530. The van der Waals surface area contributed by atoms with Crippen molar-refractivity contribution in [2.75, 3.05) is 21.1 Å². The van der Waals surface area contributed by atoms with Crippen LogP contribution in [0.15, 0.2) is 12.7 Å². The molecule has 1 rings (SSSR count). The smallest absolute Gasteiger partial charge is 0.0361 e. The Morgan fingerprint density at radius 1 is 1.56 bits per heavy atom. The van der Waals surface area contributed by atoms with Gasteiger partial charge in [0.05, 0.1) is 0 Å². The SMILES string of the molecule is C=CCC(NC)C1(N(C)C)CCCC(C)C1. The van der Waals surface area contributed by atoms with Gasteiger partial charge in [-0.15, -0.1) is 6.58 Å². The van der Waals surface area contributed by atoms with Gasteiger partial charge in [0.2, 0.25) is 0 Å². The Labute approximate surface area is 101 Å². The molecule has 3 atom stereocenters. The fourth-order valence-electron chi connectivity index (χ4n) is 3.37. The fourth-order valence-corrected chi connectivity index (χ4v) is 3.37. The Kier molecular flexibility index (Phi) is 5.00. The lowest BCUT2D eigenvalue weighted by molar-refractivity contribution is 0.0408. The first kappa shape index (κ1) is 13.7. The third kappa shape index (κ3) is 2.67. The molecule has 0 spiro atoms. The summed E-state index contributed by atoms with van der Waals surface area (Å²) in [5.74, 6) is 0.844. The number of rotatable bonds is 5. The molecule has 94 valence electrons. The topological polar surface area (TPSA) is 15.3 Å². The largest absolute Gasteiger partial charge is 0.315 e. The molecule has 2 heteroatoms. The van der Waals surface area contributed by atoms with Crippen molar-refractivity contribution in [2.24, 2.45) is 5.92 Å². The van der Waals surface area contributed by atoms with E-state index >= 15 is 0 Å². The molecule has 3 unspecified atom stereocenters. The molecule has 0 saturated heterocycles. The minimum Gasteiger partial charge on any atom is -0.315 e. The van der Waals surface area contributed by atoms with Gasteiger partial charge in [-0.25, -0.2) is 0 Å². The van der Waals surface area contributed by atoms with E-state index in [2.05, 4.69) is 44.9 Å². The molecular formula is C14H28N2. The van der Waals surface area contributed by atoms with Crippen LogP contribution in [0.1, 0.15) is 39.0 Å². The van der Waals surface area contributed by atoms with Crippen LogP contribution in [0.5, 0.6) is 0 Å². The van der Waals surface area contributed by atoms with Crippen molar-refractivity contribution in [1.82, 2.24) is 10.2 Å². The first-order chi connectivity index (χ1) is 7.56. The highest BCUT2D eigenvalue weighted by molar-refractivity contribution is 5.03. The van der Waals surface area contributed by atoms with E-state index in [-0.39, 0.29) is 0 Å². The van der Waals surface area contributed by atoms with Crippen molar-refractivity contribution in [2.45, 2.75) is 50.6 Å². The third-order valence-corrected chi connectivity index (χ3v) is 4.30. The number of hydrogen-bond acceptors (Lipinski definition) is 2. The maximum Gasteiger partial charge on any atom is 0.0361 e. The molecule has 0 amide bonds. The van der Waals surface area contributed by atoms with Gasteiger partial charge in [-0.05, 0) is 46.3 Å². The second-order valence-corrected chi connectivity index (χ2v) is 5.57. The van der Waals surface area contributed by atoms with Crippen LogP contribution in [0, 0.1) is 5.92 Å². The van der Waals surface area contributed by atoms with Gasteiger partial charge < -0.3 is 10.2 Å². The second-order valence-electron chi connectivity index (χ2n) is 5.57.